The first kappa shape index (κ1) is 14.5. The van der Waals surface area contributed by atoms with Crippen LogP contribution in [0.2, 0.25) is 0 Å². The Morgan fingerprint density at radius 2 is 2.05 bits per heavy atom. The summed E-state index contributed by atoms with van der Waals surface area (Å²) in [7, 11) is 0. The second kappa shape index (κ2) is 6.53. The van der Waals surface area contributed by atoms with E-state index in [2.05, 4.69) is 27.3 Å². The smallest absolute Gasteiger partial charge is 0.126 e. The van der Waals surface area contributed by atoms with Gasteiger partial charge in [-0.15, -0.1) is 0 Å². The van der Waals surface area contributed by atoms with Crippen molar-refractivity contribution in [1.29, 1.82) is 5.26 Å². The van der Waals surface area contributed by atoms with Gasteiger partial charge in [0.25, 0.3) is 0 Å². The topological polar surface area (TPSA) is 35.8 Å². The highest BCUT2D eigenvalue weighted by Gasteiger charge is 2.09. The van der Waals surface area contributed by atoms with E-state index in [1.807, 2.05) is 19.1 Å². The molecule has 0 heterocycles. The molecule has 1 unspecified atom stereocenters. The van der Waals surface area contributed by atoms with Crippen molar-refractivity contribution in [1.82, 2.24) is 0 Å². The third-order valence-electron chi connectivity index (χ3n) is 2.98. The van der Waals surface area contributed by atoms with Crippen molar-refractivity contribution in [2.75, 3.05) is 5.32 Å². The Hall–Kier alpha value is -1.86. The fourth-order valence-electron chi connectivity index (χ4n) is 2.01. The molecule has 2 nitrogen and oxygen atoms in total. The van der Waals surface area contributed by atoms with E-state index in [4.69, 9.17) is 5.26 Å². The minimum atomic E-state index is -0.181. The van der Waals surface area contributed by atoms with Gasteiger partial charge >= 0.3 is 0 Å². The lowest BCUT2D eigenvalue weighted by Crippen LogP contribution is -2.19. The number of hydrogen-bond donors (Lipinski definition) is 1. The Morgan fingerprint density at radius 1 is 1.30 bits per heavy atom. The van der Waals surface area contributed by atoms with Crippen molar-refractivity contribution in [3.8, 4) is 6.07 Å². The average molecular weight is 333 g/mol. The molecule has 1 atom stereocenters. The summed E-state index contributed by atoms with van der Waals surface area (Å²) in [5.41, 5.74) is 2.19. The lowest BCUT2D eigenvalue weighted by molar-refractivity contribution is 0.601. The Labute approximate surface area is 126 Å². The molecule has 2 rings (SSSR count). The van der Waals surface area contributed by atoms with Gasteiger partial charge in [0.1, 0.15) is 5.82 Å². The molecule has 4 heteroatoms. The molecular formula is C16H14BrFN2. The molecule has 0 aliphatic carbocycles. The lowest BCUT2D eigenvalue weighted by atomic mass is 10.1. The highest BCUT2D eigenvalue weighted by Crippen LogP contribution is 2.24. The minimum Gasteiger partial charge on any atom is -0.381 e. The standard InChI is InChI=1S/C16H14BrFN2/c1-11(8-13-4-2-3-5-15(13)18)20-16-7-6-12(10-19)9-14(16)17/h2-7,9,11,20H,8H2,1H3. The largest absolute Gasteiger partial charge is 0.381 e. The minimum absolute atomic E-state index is 0.0798. The van der Waals surface area contributed by atoms with Crippen molar-refractivity contribution in [2.45, 2.75) is 19.4 Å². The van der Waals surface area contributed by atoms with Crippen LogP contribution in [0, 0.1) is 17.1 Å². The van der Waals surface area contributed by atoms with Gasteiger partial charge in [0.2, 0.25) is 0 Å². The Bertz CT molecular complexity index is 649. The number of nitriles is 1. The molecule has 0 bridgehead atoms. The molecule has 20 heavy (non-hydrogen) atoms. The van der Waals surface area contributed by atoms with Crippen molar-refractivity contribution >= 4 is 21.6 Å². The quantitative estimate of drug-likeness (QED) is 0.894. The maximum atomic E-state index is 13.6. The van der Waals surface area contributed by atoms with Gasteiger partial charge in [-0.2, -0.15) is 5.26 Å². The van der Waals surface area contributed by atoms with Crippen molar-refractivity contribution < 1.29 is 4.39 Å². The summed E-state index contributed by atoms with van der Waals surface area (Å²) in [6, 6.07) is 14.3. The zero-order valence-corrected chi connectivity index (χ0v) is 12.6. The predicted molar refractivity (Wildman–Crippen MR) is 82.0 cm³/mol. The highest BCUT2D eigenvalue weighted by atomic mass is 79.9. The zero-order chi connectivity index (χ0) is 14.5. The second-order valence-corrected chi connectivity index (χ2v) is 5.50. The third-order valence-corrected chi connectivity index (χ3v) is 3.64. The van der Waals surface area contributed by atoms with Crippen LogP contribution in [0.15, 0.2) is 46.9 Å². The van der Waals surface area contributed by atoms with Crippen molar-refractivity contribution in [3.63, 3.8) is 0 Å². The normalized spacial score (nSPS) is 11.7. The number of anilines is 1. The molecule has 2 aromatic carbocycles. The molecule has 0 aromatic heterocycles. The summed E-state index contributed by atoms with van der Waals surface area (Å²) in [4.78, 5) is 0. The molecule has 0 saturated heterocycles. The first-order chi connectivity index (χ1) is 9.60. The van der Waals surface area contributed by atoms with Crippen LogP contribution in [-0.4, -0.2) is 6.04 Å². The zero-order valence-electron chi connectivity index (χ0n) is 11.0. The van der Waals surface area contributed by atoms with E-state index in [0.29, 0.717) is 17.5 Å². The van der Waals surface area contributed by atoms with Crippen LogP contribution in [0.1, 0.15) is 18.1 Å². The first-order valence-electron chi connectivity index (χ1n) is 6.29. The van der Waals surface area contributed by atoms with Crippen LogP contribution in [0.4, 0.5) is 10.1 Å². The summed E-state index contributed by atoms with van der Waals surface area (Å²) >= 11 is 3.43. The molecule has 102 valence electrons. The molecule has 0 fully saturated rings. The van der Waals surface area contributed by atoms with Gasteiger partial charge in [-0.25, -0.2) is 4.39 Å². The van der Waals surface area contributed by atoms with E-state index in [-0.39, 0.29) is 11.9 Å². The third kappa shape index (κ3) is 3.58. The van der Waals surface area contributed by atoms with E-state index in [1.165, 1.54) is 6.07 Å². The van der Waals surface area contributed by atoms with E-state index in [0.717, 1.165) is 10.2 Å². The van der Waals surface area contributed by atoms with Gasteiger partial charge in [-0.1, -0.05) is 18.2 Å². The number of nitrogens with one attached hydrogen (secondary N) is 1. The van der Waals surface area contributed by atoms with Crippen LogP contribution >= 0.6 is 15.9 Å². The van der Waals surface area contributed by atoms with E-state index < -0.39 is 0 Å². The summed E-state index contributed by atoms with van der Waals surface area (Å²) in [5, 5.41) is 12.1. The molecule has 0 aliphatic rings. The summed E-state index contributed by atoms with van der Waals surface area (Å²) in [5.74, 6) is -0.181. The lowest BCUT2D eigenvalue weighted by Gasteiger charge is -2.17. The van der Waals surface area contributed by atoms with E-state index >= 15 is 0 Å². The number of hydrogen-bond acceptors (Lipinski definition) is 2. The van der Waals surface area contributed by atoms with Crippen LogP contribution in [0.3, 0.4) is 0 Å². The van der Waals surface area contributed by atoms with Crippen molar-refractivity contribution in [3.05, 3.63) is 63.9 Å². The van der Waals surface area contributed by atoms with Gasteiger partial charge in [-0.05, 0) is 59.1 Å². The van der Waals surface area contributed by atoms with Crippen LogP contribution in [-0.2, 0) is 6.42 Å². The second-order valence-electron chi connectivity index (χ2n) is 4.65. The molecule has 1 N–H and O–H groups in total. The molecule has 0 saturated carbocycles. The first-order valence-corrected chi connectivity index (χ1v) is 7.09. The monoisotopic (exact) mass is 332 g/mol. The Morgan fingerprint density at radius 3 is 2.70 bits per heavy atom. The molecular weight excluding hydrogens is 319 g/mol. The SMILES string of the molecule is CC(Cc1ccccc1F)Nc1ccc(C#N)cc1Br. The average Bonchev–Trinajstić information content (AvgIpc) is 2.43. The van der Waals surface area contributed by atoms with Crippen LogP contribution < -0.4 is 5.32 Å². The molecule has 0 radical (unpaired) electrons. The van der Waals surface area contributed by atoms with Gasteiger partial charge < -0.3 is 5.32 Å². The fourth-order valence-corrected chi connectivity index (χ4v) is 2.51. The predicted octanol–water partition coefficient (Wildman–Crippen LogP) is 4.50. The van der Waals surface area contributed by atoms with Crippen LogP contribution in [0.5, 0.6) is 0 Å². The summed E-state index contributed by atoms with van der Waals surface area (Å²) < 4.78 is 14.4. The number of nitrogens with zero attached hydrogens (tertiary/aromatic N) is 1. The summed E-state index contributed by atoms with van der Waals surface area (Å²) in [6.45, 7) is 2.00. The maximum Gasteiger partial charge on any atom is 0.126 e. The van der Waals surface area contributed by atoms with Gasteiger partial charge in [-0.3, -0.25) is 0 Å². The van der Waals surface area contributed by atoms with Gasteiger partial charge in [0.05, 0.1) is 11.6 Å². The van der Waals surface area contributed by atoms with Crippen LogP contribution in [0.25, 0.3) is 0 Å². The Kier molecular flexibility index (Phi) is 4.75. The maximum absolute atomic E-state index is 13.6. The fraction of sp³-hybridized carbons (Fsp3) is 0.188. The highest BCUT2D eigenvalue weighted by molar-refractivity contribution is 9.10. The number of halogens is 2. The van der Waals surface area contributed by atoms with E-state index in [9.17, 15) is 4.39 Å². The molecule has 0 aliphatic heterocycles. The number of benzene rings is 2. The van der Waals surface area contributed by atoms with Gasteiger partial charge in [0, 0.05) is 16.2 Å². The van der Waals surface area contributed by atoms with Gasteiger partial charge in [0.15, 0.2) is 0 Å². The molecule has 0 spiro atoms. The van der Waals surface area contributed by atoms with E-state index in [1.54, 1.807) is 24.3 Å². The number of rotatable bonds is 4. The molecule has 0 amide bonds. The molecule has 2 aromatic rings. The summed E-state index contributed by atoms with van der Waals surface area (Å²) in [6.07, 6.45) is 0.596. The van der Waals surface area contributed by atoms with Crippen molar-refractivity contribution in [2.24, 2.45) is 0 Å². The Balaban J connectivity index is 2.07.